The Bertz CT molecular complexity index is 642. The van der Waals surface area contributed by atoms with Crippen LogP contribution in [0.3, 0.4) is 0 Å². The molecule has 1 heterocycles. The van der Waals surface area contributed by atoms with Gasteiger partial charge in [-0.2, -0.15) is 5.10 Å². The van der Waals surface area contributed by atoms with Gasteiger partial charge in [-0.05, 0) is 37.1 Å². The minimum atomic E-state index is 0.555. The fraction of sp³-hybridized carbons (Fsp3) is 0.333. The lowest BCUT2D eigenvalue weighted by atomic mass is 10.3. The molecule has 0 amide bonds. The molecule has 2 N–H and O–H groups in total. The standard InChI is InChI=1S/C15H18BrN5/c1-20(13-6-7-13)15(17)18-8-11-9-19-21(10-11)14-4-2-12(16)3-5-14/h2-5,9-10,13H,6-8H2,1H3,(H2,17,18). The van der Waals surface area contributed by atoms with E-state index in [1.807, 2.05) is 48.4 Å². The first-order valence-electron chi connectivity index (χ1n) is 6.96. The van der Waals surface area contributed by atoms with Crippen molar-refractivity contribution >= 4 is 21.9 Å². The Hall–Kier alpha value is -1.82. The van der Waals surface area contributed by atoms with Crippen LogP contribution in [0.15, 0.2) is 46.1 Å². The van der Waals surface area contributed by atoms with Gasteiger partial charge in [0.25, 0.3) is 0 Å². The third-order valence-electron chi connectivity index (χ3n) is 3.61. The molecule has 0 spiro atoms. The van der Waals surface area contributed by atoms with Crippen LogP contribution in [0.5, 0.6) is 0 Å². The highest BCUT2D eigenvalue weighted by atomic mass is 79.9. The number of aromatic nitrogens is 2. The third kappa shape index (κ3) is 3.44. The van der Waals surface area contributed by atoms with Crippen molar-refractivity contribution in [2.75, 3.05) is 7.05 Å². The van der Waals surface area contributed by atoms with Crippen molar-refractivity contribution in [3.63, 3.8) is 0 Å². The van der Waals surface area contributed by atoms with E-state index in [4.69, 9.17) is 5.73 Å². The molecule has 0 saturated heterocycles. The molecule has 2 aromatic rings. The number of halogens is 1. The molecule has 1 aliphatic carbocycles. The summed E-state index contributed by atoms with van der Waals surface area (Å²) >= 11 is 3.43. The smallest absolute Gasteiger partial charge is 0.191 e. The SMILES string of the molecule is CN(C(N)=NCc1cnn(-c2ccc(Br)cc2)c1)C1CC1. The first-order valence-corrected chi connectivity index (χ1v) is 7.75. The van der Waals surface area contributed by atoms with E-state index in [9.17, 15) is 0 Å². The number of benzene rings is 1. The summed E-state index contributed by atoms with van der Waals surface area (Å²) in [7, 11) is 2.00. The lowest BCUT2D eigenvalue weighted by Crippen LogP contribution is -2.35. The molecular formula is C15H18BrN5. The molecule has 0 bridgehead atoms. The summed E-state index contributed by atoms with van der Waals surface area (Å²) in [6.45, 7) is 0.555. The molecule has 5 nitrogen and oxygen atoms in total. The Morgan fingerprint density at radius 1 is 1.43 bits per heavy atom. The van der Waals surface area contributed by atoms with Crippen LogP contribution in [0.1, 0.15) is 18.4 Å². The Morgan fingerprint density at radius 2 is 2.14 bits per heavy atom. The molecule has 3 rings (SSSR count). The van der Waals surface area contributed by atoms with Gasteiger partial charge in [0, 0.05) is 29.3 Å². The normalized spacial score (nSPS) is 15.2. The molecule has 0 atom stereocenters. The van der Waals surface area contributed by atoms with E-state index in [1.54, 1.807) is 0 Å². The average Bonchev–Trinajstić information content (AvgIpc) is 3.23. The highest BCUT2D eigenvalue weighted by Crippen LogP contribution is 2.25. The van der Waals surface area contributed by atoms with Gasteiger partial charge in [-0.3, -0.25) is 0 Å². The van der Waals surface area contributed by atoms with Crippen molar-refractivity contribution in [3.05, 3.63) is 46.7 Å². The largest absolute Gasteiger partial charge is 0.370 e. The van der Waals surface area contributed by atoms with Crippen molar-refractivity contribution in [2.45, 2.75) is 25.4 Å². The van der Waals surface area contributed by atoms with Gasteiger partial charge in [-0.1, -0.05) is 15.9 Å². The molecule has 1 fully saturated rings. The third-order valence-corrected chi connectivity index (χ3v) is 4.14. The summed E-state index contributed by atoms with van der Waals surface area (Å²) in [5.41, 5.74) is 8.05. The zero-order chi connectivity index (χ0) is 14.8. The molecule has 0 radical (unpaired) electrons. The van der Waals surface area contributed by atoms with Crippen LogP contribution in [0, 0.1) is 0 Å². The van der Waals surface area contributed by atoms with Crippen LogP contribution < -0.4 is 5.73 Å². The summed E-state index contributed by atoms with van der Waals surface area (Å²) in [5, 5.41) is 4.36. The van der Waals surface area contributed by atoms with E-state index in [0.29, 0.717) is 18.5 Å². The number of nitrogens with zero attached hydrogens (tertiary/aromatic N) is 4. The molecule has 1 aliphatic rings. The number of guanidine groups is 1. The number of hydrogen-bond donors (Lipinski definition) is 1. The van der Waals surface area contributed by atoms with Crippen LogP contribution >= 0.6 is 15.9 Å². The fourth-order valence-corrected chi connectivity index (χ4v) is 2.37. The summed E-state index contributed by atoms with van der Waals surface area (Å²) in [5.74, 6) is 0.605. The second kappa shape index (κ2) is 5.89. The van der Waals surface area contributed by atoms with Crippen LogP contribution in [0.2, 0.25) is 0 Å². The lowest BCUT2D eigenvalue weighted by molar-refractivity contribution is 0.487. The second-order valence-electron chi connectivity index (χ2n) is 5.29. The van der Waals surface area contributed by atoms with Crippen molar-refractivity contribution in [2.24, 2.45) is 10.7 Å². The molecule has 0 aliphatic heterocycles. The zero-order valence-electron chi connectivity index (χ0n) is 11.9. The maximum atomic E-state index is 5.98. The number of hydrogen-bond acceptors (Lipinski definition) is 2. The second-order valence-corrected chi connectivity index (χ2v) is 6.20. The molecule has 6 heteroatoms. The highest BCUT2D eigenvalue weighted by Gasteiger charge is 2.27. The average molecular weight is 348 g/mol. The summed E-state index contributed by atoms with van der Waals surface area (Å²) in [6, 6.07) is 8.60. The van der Waals surface area contributed by atoms with Gasteiger partial charge in [-0.15, -0.1) is 0 Å². The van der Waals surface area contributed by atoms with Crippen molar-refractivity contribution < 1.29 is 0 Å². The van der Waals surface area contributed by atoms with E-state index in [-0.39, 0.29) is 0 Å². The zero-order valence-corrected chi connectivity index (χ0v) is 13.5. The molecule has 1 aromatic carbocycles. The minimum Gasteiger partial charge on any atom is -0.370 e. The van der Waals surface area contributed by atoms with Crippen molar-refractivity contribution in [1.82, 2.24) is 14.7 Å². The van der Waals surface area contributed by atoms with Gasteiger partial charge < -0.3 is 10.6 Å². The monoisotopic (exact) mass is 347 g/mol. The molecule has 1 saturated carbocycles. The van der Waals surface area contributed by atoms with Crippen LogP contribution in [0.25, 0.3) is 5.69 Å². The molecular weight excluding hydrogens is 330 g/mol. The number of nitrogens with two attached hydrogens (primary N) is 1. The van der Waals surface area contributed by atoms with E-state index >= 15 is 0 Å². The van der Waals surface area contributed by atoms with Crippen molar-refractivity contribution in [1.29, 1.82) is 0 Å². The fourth-order valence-electron chi connectivity index (χ4n) is 2.11. The lowest BCUT2D eigenvalue weighted by Gasteiger charge is -2.16. The highest BCUT2D eigenvalue weighted by molar-refractivity contribution is 9.10. The predicted octanol–water partition coefficient (Wildman–Crippen LogP) is 2.54. The van der Waals surface area contributed by atoms with E-state index in [2.05, 4.69) is 30.9 Å². The van der Waals surface area contributed by atoms with Gasteiger partial charge in [0.05, 0.1) is 18.4 Å². The molecule has 0 unspecified atom stereocenters. The summed E-state index contributed by atoms with van der Waals surface area (Å²) < 4.78 is 2.90. The summed E-state index contributed by atoms with van der Waals surface area (Å²) in [4.78, 5) is 6.49. The van der Waals surface area contributed by atoms with E-state index in [1.165, 1.54) is 12.8 Å². The Morgan fingerprint density at radius 3 is 2.81 bits per heavy atom. The summed E-state index contributed by atoms with van der Waals surface area (Å²) in [6.07, 6.45) is 6.25. The van der Waals surface area contributed by atoms with Crippen molar-refractivity contribution in [3.8, 4) is 5.69 Å². The van der Waals surface area contributed by atoms with Gasteiger partial charge in [-0.25, -0.2) is 9.67 Å². The molecule has 110 valence electrons. The first-order chi connectivity index (χ1) is 10.1. The Balaban J connectivity index is 1.67. The van der Waals surface area contributed by atoms with Crippen LogP contribution in [-0.2, 0) is 6.54 Å². The minimum absolute atomic E-state index is 0.555. The molecule has 1 aromatic heterocycles. The van der Waals surface area contributed by atoms with E-state index in [0.717, 1.165) is 15.7 Å². The van der Waals surface area contributed by atoms with Crippen LogP contribution in [-0.4, -0.2) is 33.7 Å². The van der Waals surface area contributed by atoms with Gasteiger partial charge in [0.15, 0.2) is 5.96 Å². The number of rotatable bonds is 4. The first kappa shape index (κ1) is 14.1. The van der Waals surface area contributed by atoms with E-state index < -0.39 is 0 Å². The Kier molecular flexibility index (Phi) is 3.96. The quantitative estimate of drug-likeness (QED) is 0.682. The number of aliphatic imine (C=N–C) groups is 1. The van der Waals surface area contributed by atoms with Gasteiger partial charge >= 0.3 is 0 Å². The van der Waals surface area contributed by atoms with Gasteiger partial charge in [0.2, 0.25) is 0 Å². The Labute approximate surface area is 132 Å². The maximum Gasteiger partial charge on any atom is 0.191 e. The predicted molar refractivity (Wildman–Crippen MR) is 87.4 cm³/mol. The maximum absolute atomic E-state index is 5.98. The van der Waals surface area contributed by atoms with Gasteiger partial charge in [0.1, 0.15) is 0 Å². The van der Waals surface area contributed by atoms with Crippen LogP contribution in [0.4, 0.5) is 0 Å². The topological polar surface area (TPSA) is 59.4 Å². The molecule has 21 heavy (non-hydrogen) atoms.